The third-order valence-corrected chi connectivity index (χ3v) is 4.03. The van der Waals surface area contributed by atoms with E-state index in [0.29, 0.717) is 38.3 Å². The second-order valence-corrected chi connectivity index (χ2v) is 5.67. The Morgan fingerprint density at radius 2 is 1.67 bits per heavy atom. The van der Waals surface area contributed by atoms with E-state index in [9.17, 15) is 14.4 Å². The van der Waals surface area contributed by atoms with Crippen LogP contribution in [0.25, 0.3) is 0 Å². The summed E-state index contributed by atoms with van der Waals surface area (Å²) < 4.78 is 0. The molecule has 3 rings (SSSR count). The molecule has 2 aliphatic heterocycles. The number of anilines is 1. The number of amides is 4. The molecule has 126 valence electrons. The van der Waals surface area contributed by atoms with Gasteiger partial charge in [-0.05, 0) is 12.1 Å². The fourth-order valence-corrected chi connectivity index (χ4v) is 2.65. The van der Waals surface area contributed by atoms with Crippen molar-refractivity contribution in [2.75, 3.05) is 31.5 Å². The zero-order valence-electron chi connectivity index (χ0n) is 13.2. The van der Waals surface area contributed by atoms with Crippen molar-refractivity contribution in [3.8, 4) is 0 Å². The van der Waals surface area contributed by atoms with E-state index in [-0.39, 0.29) is 24.3 Å². The quantitative estimate of drug-likeness (QED) is 0.833. The minimum absolute atomic E-state index is 0.168. The maximum Gasteiger partial charge on any atom is 0.321 e. The van der Waals surface area contributed by atoms with Gasteiger partial charge in [0.25, 0.3) is 5.91 Å². The van der Waals surface area contributed by atoms with Gasteiger partial charge >= 0.3 is 6.03 Å². The molecule has 2 heterocycles. The highest BCUT2D eigenvalue weighted by atomic mass is 16.2. The normalized spacial score (nSPS) is 17.8. The van der Waals surface area contributed by atoms with E-state index in [1.165, 1.54) is 0 Å². The van der Waals surface area contributed by atoms with Gasteiger partial charge in [-0.25, -0.2) is 10.2 Å². The van der Waals surface area contributed by atoms with Gasteiger partial charge in [0.15, 0.2) is 0 Å². The van der Waals surface area contributed by atoms with Crippen LogP contribution < -0.4 is 10.7 Å². The Bertz CT molecular complexity index is 666. The summed E-state index contributed by atoms with van der Waals surface area (Å²) in [6.07, 6.45) is 0.642. The lowest BCUT2D eigenvalue weighted by molar-refractivity contribution is -0.125. The molecule has 0 radical (unpaired) electrons. The van der Waals surface area contributed by atoms with Crippen LogP contribution in [0, 0.1) is 0 Å². The number of benzene rings is 1. The average Bonchev–Trinajstić information content (AvgIpc) is 2.63. The summed E-state index contributed by atoms with van der Waals surface area (Å²) in [5.74, 6) is -0.341. The smallest absolute Gasteiger partial charge is 0.321 e. The molecule has 0 saturated carbocycles. The van der Waals surface area contributed by atoms with E-state index < -0.39 is 0 Å². The molecule has 1 fully saturated rings. The fraction of sp³-hybridized carbons (Fsp3) is 0.375. The lowest BCUT2D eigenvalue weighted by atomic mass is 10.1. The number of carbonyl (C=O) groups is 3. The maximum absolute atomic E-state index is 12.4. The molecule has 1 aromatic carbocycles. The van der Waals surface area contributed by atoms with Gasteiger partial charge in [-0.3, -0.25) is 9.59 Å². The number of urea groups is 1. The first kappa shape index (κ1) is 16.0. The highest BCUT2D eigenvalue weighted by Crippen LogP contribution is 2.10. The van der Waals surface area contributed by atoms with Gasteiger partial charge in [-0.2, -0.15) is 5.10 Å². The highest BCUT2D eigenvalue weighted by molar-refractivity contribution is 6.39. The van der Waals surface area contributed by atoms with E-state index in [1.54, 1.807) is 9.80 Å². The van der Waals surface area contributed by atoms with Gasteiger partial charge in [-0.15, -0.1) is 0 Å². The Hall–Kier alpha value is -2.90. The van der Waals surface area contributed by atoms with Crippen molar-refractivity contribution in [2.45, 2.75) is 12.8 Å². The lowest BCUT2D eigenvalue weighted by Crippen LogP contribution is -2.53. The third-order valence-electron chi connectivity index (χ3n) is 4.03. The molecule has 2 N–H and O–H groups in total. The standard InChI is InChI=1S/C16H19N5O3/c22-14-7-6-13(18-19-14)15(23)20-8-10-21(11-9-20)16(24)17-12-4-2-1-3-5-12/h1-5H,6-11H2,(H,17,24)(H,19,22). The first-order chi connectivity index (χ1) is 11.6. The van der Waals surface area contributed by atoms with Crippen molar-refractivity contribution in [3.05, 3.63) is 30.3 Å². The van der Waals surface area contributed by atoms with E-state index in [2.05, 4.69) is 15.8 Å². The molecule has 0 atom stereocenters. The molecule has 0 aromatic heterocycles. The number of hydrazone groups is 1. The van der Waals surface area contributed by atoms with Crippen LogP contribution in [-0.2, 0) is 9.59 Å². The Morgan fingerprint density at radius 3 is 2.29 bits per heavy atom. The summed E-state index contributed by atoms with van der Waals surface area (Å²) in [6, 6.07) is 9.08. The summed E-state index contributed by atoms with van der Waals surface area (Å²) in [5.41, 5.74) is 3.45. The van der Waals surface area contributed by atoms with E-state index in [4.69, 9.17) is 0 Å². The molecule has 1 aromatic rings. The number of rotatable bonds is 2. The number of hydrogen-bond acceptors (Lipinski definition) is 4. The minimum atomic E-state index is -0.172. The van der Waals surface area contributed by atoms with Crippen molar-refractivity contribution >= 4 is 29.2 Å². The minimum Gasteiger partial charge on any atom is -0.334 e. The van der Waals surface area contributed by atoms with Gasteiger partial charge in [0.1, 0.15) is 5.71 Å². The Kier molecular flexibility index (Phi) is 4.74. The number of piperazine rings is 1. The molecule has 2 aliphatic rings. The van der Waals surface area contributed by atoms with Gasteiger partial charge in [0.2, 0.25) is 5.91 Å². The molecule has 1 saturated heterocycles. The van der Waals surface area contributed by atoms with Crippen molar-refractivity contribution in [1.82, 2.24) is 15.2 Å². The van der Waals surface area contributed by atoms with Crippen molar-refractivity contribution in [1.29, 1.82) is 0 Å². The molecule has 24 heavy (non-hydrogen) atoms. The van der Waals surface area contributed by atoms with Gasteiger partial charge in [0, 0.05) is 44.7 Å². The van der Waals surface area contributed by atoms with Gasteiger partial charge in [-0.1, -0.05) is 18.2 Å². The van der Waals surface area contributed by atoms with Crippen molar-refractivity contribution in [2.24, 2.45) is 5.10 Å². The molecular weight excluding hydrogens is 310 g/mol. The van der Waals surface area contributed by atoms with Crippen LogP contribution in [0.3, 0.4) is 0 Å². The first-order valence-electron chi connectivity index (χ1n) is 7.89. The molecule has 4 amide bonds. The molecule has 8 nitrogen and oxygen atoms in total. The third kappa shape index (κ3) is 3.70. The van der Waals surface area contributed by atoms with E-state index in [1.807, 2.05) is 30.3 Å². The summed E-state index contributed by atoms with van der Waals surface area (Å²) in [5, 5.41) is 6.66. The largest absolute Gasteiger partial charge is 0.334 e. The topological polar surface area (TPSA) is 94.1 Å². The van der Waals surface area contributed by atoms with Crippen LogP contribution >= 0.6 is 0 Å². The van der Waals surface area contributed by atoms with Crippen LogP contribution in [0.5, 0.6) is 0 Å². The van der Waals surface area contributed by atoms with Crippen LogP contribution in [0.4, 0.5) is 10.5 Å². The van der Waals surface area contributed by atoms with Crippen molar-refractivity contribution in [3.63, 3.8) is 0 Å². The first-order valence-corrected chi connectivity index (χ1v) is 7.89. The molecule has 0 spiro atoms. The second-order valence-electron chi connectivity index (χ2n) is 5.67. The van der Waals surface area contributed by atoms with E-state index in [0.717, 1.165) is 5.69 Å². The Labute approximate surface area is 139 Å². The molecule has 0 unspecified atom stereocenters. The molecule has 0 bridgehead atoms. The molecular formula is C16H19N5O3. The number of para-hydroxylation sites is 1. The van der Waals surface area contributed by atoms with Crippen LogP contribution in [0.2, 0.25) is 0 Å². The fourth-order valence-electron chi connectivity index (χ4n) is 2.65. The Balaban J connectivity index is 1.51. The summed E-state index contributed by atoms with van der Waals surface area (Å²) >= 11 is 0. The maximum atomic E-state index is 12.4. The molecule has 8 heteroatoms. The summed E-state index contributed by atoms with van der Waals surface area (Å²) in [7, 11) is 0. The molecule has 0 aliphatic carbocycles. The van der Waals surface area contributed by atoms with Crippen molar-refractivity contribution < 1.29 is 14.4 Å². The second kappa shape index (κ2) is 7.12. The number of hydrogen-bond donors (Lipinski definition) is 2. The Morgan fingerprint density at radius 1 is 1.00 bits per heavy atom. The predicted molar refractivity (Wildman–Crippen MR) is 88.4 cm³/mol. The van der Waals surface area contributed by atoms with Gasteiger partial charge in [0.05, 0.1) is 0 Å². The monoisotopic (exact) mass is 329 g/mol. The number of nitrogens with one attached hydrogen (secondary N) is 2. The number of carbonyl (C=O) groups excluding carboxylic acids is 3. The highest BCUT2D eigenvalue weighted by Gasteiger charge is 2.28. The number of nitrogens with zero attached hydrogens (tertiary/aromatic N) is 3. The van der Waals surface area contributed by atoms with Crippen LogP contribution in [-0.4, -0.2) is 59.5 Å². The van der Waals surface area contributed by atoms with E-state index >= 15 is 0 Å². The summed E-state index contributed by atoms with van der Waals surface area (Å²) in [6.45, 7) is 1.83. The SMILES string of the molecule is O=C1CCC(C(=O)N2CCN(C(=O)Nc3ccccc3)CC2)=NN1. The summed E-state index contributed by atoms with van der Waals surface area (Å²) in [4.78, 5) is 39.0. The van der Waals surface area contributed by atoms with Gasteiger partial charge < -0.3 is 15.1 Å². The zero-order chi connectivity index (χ0) is 16.9. The zero-order valence-corrected chi connectivity index (χ0v) is 13.2. The van der Waals surface area contributed by atoms with Crippen LogP contribution in [0.1, 0.15) is 12.8 Å². The average molecular weight is 329 g/mol. The predicted octanol–water partition coefficient (Wildman–Crippen LogP) is 0.629. The lowest BCUT2D eigenvalue weighted by Gasteiger charge is -2.35. The van der Waals surface area contributed by atoms with Crippen LogP contribution in [0.15, 0.2) is 35.4 Å².